The number of ether oxygens (including phenoxy) is 3. The van der Waals surface area contributed by atoms with Crippen molar-refractivity contribution in [1.82, 2.24) is 9.97 Å². The summed E-state index contributed by atoms with van der Waals surface area (Å²) in [6.07, 6.45) is 0. The van der Waals surface area contributed by atoms with Crippen LogP contribution in [0.3, 0.4) is 0 Å². The van der Waals surface area contributed by atoms with Gasteiger partial charge in [-0.1, -0.05) is 0 Å². The molecule has 26 heavy (non-hydrogen) atoms. The van der Waals surface area contributed by atoms with E-state index in [1.807, 2.05) is 20.8 Å². The topological polar surface area (TPSA) is 94.6 Å². The monoisotopic (exact) mass is 360 g/mol. The fourth-order valence-corrected chi connectivity index (χ4v) is 2.36. The van der Waals surface area contributed by atoms with Crippen LogP contribution in [0.25, 0.3) is 0 Å². The third-order valence-corrected chi connectivity index (χ3v) is 3.43. The molecule has 0 bridgehead atoms. The number of hydrogen-bond acceptors (Lipinski definition) is 7. The molecule has 1 amide bonds. The summed E-state index contributed by atoms with van der Waals surface area (Å²) >= 11 is 0. The number of benzene rings is 1. The van der Waals surface area contributed by atoms with E-state index in [2.05, 4.69) is 20.6 Å². The molecular weight excluding hydrogens is 336 g/mol. The van der Waals surface area contributed by atoms with Crippen molar-refractivity contribution in [3.05, 3.63) is 29.6 Å². The van der Waals surface area contributed by atoms with Crippen LogP contribution in [-0.2, 0) is 0 Å². The highest BCUT2D eigenvalue weighted by Gasteiger charge is 2.16. The number of anilines is 2. The fourth-order valence-electron chi connectivity index (χ4n) is 2.36. The number of methoxy groups -OCH3 is 3. The quantitative estimate of drug-likeness (QED) is 0.784. The van der Waals surface area contributed by atoms with E-state index in [4.69, 9.17) is 14.2 Å². The van der Waals surface area contributed by atoms with Gasteiger partial charge in [0, 0.05) is 29.6 Å². The molecule has 140 valence electrons. The van der Waals surface area contributed by atoms with Gasteiger partial charge in [-0.2, -0.15) is 0 Å². The van der Waals surface area contributed by atoms with Crippen molar-refractivity contribution in [3.63, 3.8) is 0 Å². The highest BCUT2D eigenvalue weighted by atomic mass is 16.5. The zero-order valence-corrected chi connectivity index (χ0v) is 15.8. The molecule has 8 nitrogen and oxygen atoms in total. The van der Waals surface area contributed by atoms with E-state index in [0.717, 1.165) is 0 Å². The van der Waals surface area contributed by atoms with Crippen LogP contribution in [0.1, 0.15) is 30.0 Å². The van der Waals surface area contributed by atoms with Crippen LogP contribution < -0.4 is 24.8 Å². The van der Waals surface area contributed by atoms with Crippen LogP contribution in [0.4, 0.5) is 11.6 Å². The molecule has 0 aliphatic heterocycles. The van der Waals surface area contributed by atoms with Crippen molar-refractivity contribution in [2.24, 2.45) is 0 Å². The average molecular weight is 360 g/mol. The summed E-state index contributed by atoms with van der Waals surface area (Å²) in [5, 5.41) is 5.89. The van der Waals surface area contributed by atoms with Crippen molar-refractivity contribution < 1.29 is 19.0 Å². The lowest BCUT2D eigenvalue weighted by Crippen LogP contribution is -2.18. The molecule has 0 spiro atoms. The standard InChI is InChI=1S/C18H24N4O4/c1-10(2)19-18-20-11(3)7-13(22-18)17(23)21-12-8-14(24-4)16(26-6)15(9-12)25-5/h7-10H,1-6H3,(H,21,23)(H,19,20,22). The Morgan fingerprint density at radius 2 is 1.62 bits per heavy atom. The summed E-state index contributed by atoms with van der Waals surface area (Å²) in [6, 6.07) is 5.09. The van der Waals surface area contributed by atoms with E-state index < -0.39 is 0 Å². The highest BCUT2D eigenvalue weighted by molar-refractivity contribution is 6.03. The predicted molar refractivity (Wildman–Crippen MR) is 99.6 cm³/mol. The number of aromatic nitrogens is 2. The summed E-state index contributed by atoms with van der Waals surface area (Å²) in [5.74, 6) is 1.40. The zero-order valence-electron chi connectivity index (χ0n) is 15.8. The van der Waals surface area contributed by atoms with Crippen molar-refractivity contribution in [1.29, 1.82) is 0 Å². The Balaban J connectivity index is 2.31. The molecule has 0 fully saturated rings. The van der Waals surface area contributed by atoms with Crippen molar-refractivity contribution in [3.8, 4) is 17.2 Å². The van der Waals surface area contributed by atoms with Crippen LogP contribution in [0.5, 0.6) is 17.2 Å². The van der Waals surface area contributed by atoms with E-state index in [0.29, 0.717) is 34.6 Å². The third-order valence-electron chi connectivity index (χ3n) is 3.43. The molecule has 0 aliphatic rings. The van der Waals surface area contributed by atoms with Crippen LogP contribution in [0.2, 0.25) is 0 Å². The largest absolute Gasteiger partial charge is 0.493 e. The van der Waals surface area contributed by atoms with E-state index in [1.54, 1.807) is 18.2 Å². The Bertz CT molecular complexity index is 768. The van der Waals surface area contributed by atoms with Gasteiger partial charge in [-0.25, -0.2) is 9.97 Å². The molecule has 8 heteroatoms. The van der Waals surface area contributed by atoms with Crippen molar-refractivity contribution in [2.75, 3.05) is 32.0 Å². The second-order valence-electron chi connectivity index (χ2n) is 5.89. The van der Waals surface area contributed by atoms with Gasteiger partial charge in [-0.05, 0) is 26.8 Å². The molecular formula is C18H24N4O4. The number of carbonyl (C=O) groups is 1. The fraction of sp³-hybridized carbons (Fsp3) is 0.389. The predicted octanol–water partition coefficient (Wildman–Crippen LogP) is 2.88. The molecule has 2 aromatic rings. The molecule has 2 N–H and O–H groups in total. The minimum atomic E-state index is -0.364. The van der Waals surface area contributed by atoms with Crippen molar-refractivity contribution >= 4 is 17.5 Å². The van der Waals surface area contributed by atoms with Gasteiger partial charge in [0.15, 0.2) is 11.5 Å². The minimum absolute atomic E-state index is 0.155. The Morgan fingerprint density at radius 3 is 2.12 bits per heavy atom. The molecule has 1 aromatic carbocycles. The molecule has 1 aromatic heterocycles. The van der Waals surface area contributed by atoms with Crippen LogP contribution in [0.15, 0.2) is 18.2 Å². The lowest BCUT2D eigenvalue weighted by molar-refractivity contribution is 0.102. The summed E-state index contributed by atoms with van der Waals surface area (Å²) in [6.45, 7) is 5.76. The second kappa shape index (κ2) is 8.37. The van der Waals surface area contributed by atoms with Crippen LogP contribution >= 0.6 is 0 Å². The lowest BCUT2D eigenvalue weighted by atomic mass is 10.2. The Morgan fingerprint density at radius 1 is 1.00 bits per heavy atom. The number of nitrogens with zero attached hydrogens (tertiary/aromatic N) is 2. The maximum atomic E-state index is 12.6. The summed E-state index contributed by atoms with van der Waals surface area (Å²) in [4.78, 5) is 21.2. The minimum Gasteiger partial charge on any atom is -0.493 e. The first kappa shape index (κ1) is 19.3. The number of nitrogens with one attached hydrogen (secondary N) is 2. The summed E-state index contributed by atoms with van der Waals surface area (Å²) in [5.41, 5.74) is 1.45. The first-order chi connectivity index (χ1) is 12.4. The van der Waals surface area contributed by atoms with Gasteiger partial charge in [0.2, 0.25) is 11.7 Å². The zero-order chi connectivity index (χ0) is 19.3. The molecule has 2 rings (SSSR count). The van der Waals surface area contributed by atoms with E-state index in [-0.39, 0.29) is 17.6 Å². The molecule has 0 unspecified atom stereocenters. The second-order valence-corrected chi connectivity index (χ2v) is 5.89. The molecule has 0 saturated heterocycles. The maximum Gasteiger partial charge on any atom is 0.274 e. The Kier molecular flexibility index (Phi) is 6.21. The molecule has 0 atom stereocenters. The number of carbonyl (C=O) groups excluding carboxylic acids is 1. The normalized spacial score (nSPS) is 10.4. The van der Waals surface area contributed by atoms with Gasteiger partial charge >= 0.3 is 0 Å². The third kappa shape index (κ3) is 4.53. The van der Waals surface area contributed by atoms with Gasteiger partial charge in [0.05, 0.1) is 21.3 Å². The SMILES string of the molecule is COc1cc(NC(=O)c2cc(C)nc(NC(C)C)n2)cc(OC)c1OC. The van der Waals surface area contributed by atoms with Crippen LogP contribution in [0, 0.1) is 6.92 Å². The Labute approximate surface area is 152 Å². The number of aryl methyl sites for hydroxylation is 1. The van der Waals surface area contributed by atoms with Gasteiger partial charge in [-0.15, -0.1) is 0 Å². The first-order valence-electron chi connectivity index (χ1n) is 8.11. The van der Waals surface area contributed by atoms with E-state index in [1.165, 1.54) is 21.3 Å². The molecule has 0 radical (unpaired) electrons. The van der Waals surface area contributed by atoms with E-state index in [9.17, 15) is 4.79 Å². The van der Waals surface area contributed by atoms with Crippen LogP contribution in [-0.4, -0.2) is 43.2 Å². The number of hydrogen-bond donors (Lipinski definition) is 2. The van der Waals surface area contributed by atoms with Gasteiger partial charge < -0.3 is 24.8 Å². The Hall–Kier alpha value is -3.03. The number of amides is 1. The highest BCUT2D eigenvalue weighted by Crippen LogP contribution is 2.40. The number of rotatable bonds is 7. The van der Waals surface area contributed by atoms with Gasteiger partial charge in [0.1, 0.15) is 5.69 Å². The summed E-state index contributed by atoms with van der Waals surface area (Å²) < 4.78 is 15.9. The molecule has 1 heterocycles. The average Bonchev–Trinajstić information content (AvgIpc) is 2.59. The van der Waals surface area contributed by atoms with Gasteiger partial charge in [0.25, 0.3) is 5.91 Å². The van der Waals surface area contributed by atoms with Crippen molar-refractivity contribution in [2.45, 2.75) is 26.8 Å². The first-order valence-corrected chi connectivity index (χ1v) is 8.11. The maximum absolute atomic E-state index is 12.6. The lowest BCUT2D eigenvalue weighted by Gasteiger charge is -2.15. The molecule has 0 saturated carbocycles. The smallest absolute Gasteiger partial charge is 0.274 e. The summed E-state index contributed by atoms with van der Waals surface area (Å²) in [7, 11) is 4.55. The van der Waals surface area contributed by atoms with E-state index >= 15 is 0 Å². The molecule has 0 aliphatic carbocycles. The van der Waals surface area contributed by atoms with Gasteiger partial charge in [-0.3, -0.25) is 4.79 Å².